The average Bonchev–Trinajstić information content (AvgIpc) is 2.48. The molecule has 20 heavy (non-hydrogen) atoms. The quantitative estimate of drug-likeness (QED) is 0.726. The maximum atomic E-state index is 9.76. The van der Waals surface area contributed by atoms with Gasteiger partial charge < -0.3 is 24.6 Å². The van der Waals surface area contributed by atoms with E-state index < -0.39 is 6.10 Å². The Morgan fingerprint density at radius 3 is 3.05 bits per heavy atom. The Bertz CT molecular complexity index is 387. The van der Waals surface area contributed by atoms with E-state index >= 15 is 0 Å². The number of nitrogens with zero attached hydrogens (tertiary/aromatic N) is 2. The lowest BCUT2D eigenvalue weighted by molar-refractivity contribution is -0.0869. The fourth-order valence-corrected chi connectivity index (χ4v) is 1.79. The number of ether oxygens (including phenoxy) is 3. The van der Waals surface area contributed by atoms with Gasteiger partial charge in [0.25, 0.3) is 0 Å². The molecule has 8 heteroatoms. The average molecular weight is 304 g/mol. The number of rotatable bonds is 7. The zero-order valence-electron chi connectivity index (χ0n) is 11.0. The maximum absolute atomic E-state index is 9.76. The highest BCUT2D eigenvalue weighted by atomic mass is 35.5. The smallest absolute Gasteiger partial charge is 0.233 e. The maximum Gasteiger partial charge on any atom is 0.233 e. The third-order valence-electron chi connectivity index (χ3n) is 2.67. The highest BCUT2D eigenvalue weighted by molar-refractivity contribution is 6.29. The molecule has 1 aromatic rings. The van der Waals surface area contributed by atoms with Gasteiger partial charge in [-0.1, -0.05) is 11.6 Å². The van der Waals surface area contributed by atoms with E-state index in [0.29, 0.717) is 43.9 Å². The Hall–Kier alpha value is -0.990. The molecule has 1 aliphatic rings. The lowest BCUT2D eigenvalue weighted by Crippen LogP contribution is -2.41. The topological polar surface area (TPSA) is 85.7 Å². The van der Waals surface area contributed by atoms with Gasteiger partial charge in [-0.15, -0.1) is 10.2 Å². The molecule has 7 nitrogen and oxygen atoms in total. The van der Waals surface area contributed by atoms with Gasteiger partial charge in [0.05, 0.1) is 25.9 Å². The van der Waals surface area contributed by atoms with Crippen LogP contribution in [0.25, 0.3) is 0 Å². The van der Waals surface area contributed by atoms with Crippen LogP contribution in [0.4, 0.5) is 0 Å². The second-order valence-corrected chi connectivity index (χ2v) is 4.77. The molecule has 0 aromatic carbocycles. The van der Waals surface area contributed by atoms with Crippen LogP contribution < -0.4 is 10.1 Å². The van der Waals surface area contributed by atoms with E-state index in [1.54, 1.807) is 12.1 Å². The van der Waals surface area contributed by atoms with Crippen LogP contribution in [0, 0.1) is 0 Å². The van der Waals surface area contributed by atoms with Crippen LogP contribution in [-0.4, -0.2) is 67.0 Å². The minimum atomic E-state index is -0.642. The van der Waals surface area contributed by atoms with Gasteiger partial charge in [-0.3, -0.25) is 0 Å². The summed E-state index contributed by atoms with van der Waals surface area (Å²) in [6.45, 7) is 3.02. The van der Waals surface area contributed by atoms with Crippen LogP contribution in [0.15, 0.2) is 12.1 Å². The number of aromatic nitrogens is 2. The van der Waals surface area contributed by atoms with Crippen LogP contribution in [0.5, 0.6) is 5.88 Å². The van der Waals surface area contributed by atoms with Gasteiger partial charge in [0.2, 0.25) is 5.88 Å². The van der Waals surface area contributed by atoms with Crippen LogP contribution in [0.1, 0.15) is 0 Å². The van der Waals surface area contributed by atoms with Crippen molar-refractivity contribution in [2.45, 2.75) is 12.2 Å². The molecular formula is C12H18ClN3O4. The van der Waals surface area contributed by atoms with Crippen LogP contribution >= 0.6 is 11.6 Å². The van der Waals surface area contributed by atoms with Crippen molar-refractivity contribution in [3.8, 4) is 5.88 Å². The van der Waals surface area contributed by atoms with E-state index in [9.17, 15) is 5.11 Å². The molecule has 2 unspecified atom stereocenters. The van der Waals surface area contributed by atoms with E-state index in [4.69, 9.17) is 25.8 Å². The van der Waals surface area contributed by atoms with Crippen LogP contribution in [0.3, 0.4) is 0 Å². The first-order chi connectivity index (χ1) is 9.74. The molecule has 112 valence electrons. The fourth-order valence-electron chi connectivity index (χ4n) is 1.69. The molecule has 2 N–H and O–H groups in total. The van der Waals surface area contributed by atoms with Gasteiger partial charge >= 0.3 is 0 Å². The van der Waals surface area contributed by atoms with E-state index in [1.165, 1.54) is 0 Å². The number of nitrogens with one attached hydrogen (secondary N) is 1. The molecule has 1 saturated heterocycles. The van der Waals surface area contributed by atoms with Crippen LogP contribution in [-0.2, 0) is 9.47 Å². The minimum absolute atomic E-state index is 0.0407. The monoisotopic (exact) mass is 303 g/mol. The number of halogens is 1. The number of hydrogen-bond acceptors (Lipinski definition) is 7. The molecule has 1 aromatic heterocycles. The second-order valence-electron chi connectivity index (χ2n) is 4.39. The molecule has 0 spiro atoms. The molecule has 0 aliphatic carbocycles. The SMILES string of the molecule is OC(CNCC1COCCO1)COc1ccc(Cl)nn1. The van der Waals surface area contributed by atoms with Gasteiger partial charge in [0, 0.05) is 19.2 Å². The summed E-state index contributed by atoms with van der Waals surface area (Å²) in [5, 5.41) is 20.5. The number of aliphatic hydroxyl groups is 1. The summed E-state index contributed by atoms with van der Waals surface area (Å²) in [6, 6.07) is 3.18. The Morgan fingerprint density at radius 1 is 1.45 bits per heavy atom. The first kappa shape index (κ1) is 15.4. The number of hydrogen-bond donors (Lipinski definition) is 2. The summed E-state index contributed by atoms with van der Waals surface area (Å²) < 4.78 is 16.0. The molecule has 1 aliphatic heterocycles. The highest BCUT2D eigenvalue weighted by Gasteiger charge is 2.14. The van der Waals surface area contributed by atoms with Crippen molar-refractivity contribution < 1.29 is 19.3 Å². The molecular weight excluding hydrogens is 286 g/mol. The first-order valence-electron chi connectivity index (χ1n) is 6.44. The molecule has 0 amide bonds. The van der Waals surface area contributed by atoms with Crippen molar-refractivity contribution in [1.29, 1.82) is 0 Å². The number of aliphatic hydroxyl groups excluding tert-OH is 1. The molecule has 2 atom stereocenters. The van der Waals surface area contributed by atoms with E-state index in [2.05, 4.69) is 15.5 Å². The third-order valence-corrected chi connectivity index (χ3v) is 2.87. The van der Waals surface area contributed by atoms with Gasteiger partial charge in [0.15, 0.2) is 5.15 Å². The summed E-state index contributed by atoms with van der Waals surface area (Å²) in [7, 11) is 0. The fraction of sp³-hybridized carbons (Fsp3) is 0.667. The molecule has 0 bridgehead atoms. The predicted molar refractivity (Wildman–Crippen MR) is 72.0 cm³/mol. The Balaban J connectivity index is 1.57. The summed E-state index contributed by atoms with van der Waals surface area (Å²) >= 11 is 5.61. The second kappa shape index (κ2) is 8.33. The first-order valence-corrected chi connectivity index (χ1v) is 6.82. The summed E-state index contributed by atoms with van der Waals surface area (Å²) in [5.41, 5.74) is 0. The van der Waals surface area contributed by atoms with E-state index in [0.717, 1.165) is 0 Å². The summed E-state index contributed by atoms with van der Waals surface area (Å²) in [5.74, 6) is 0.331. The largest absolute Gasteiger partial charge is 0.474 e. The normalized spacial score (nSPS) is 20.6. The third kappa shape index (κ3) is 5.56. The molecule has 2 heterocycles. The summed E-state index contributed by atoms with van der Waals surface area (Å²) in [4.78, 5) is 0. The predicted octanol–water partition coefficient (Wildman–Crippen LogP) is -0.125. The van der Waals surface area contributed by atoms with Crippen molar-refractivity contribution in [3.63, 3.8) is 0 Å². The Labute approximate surface area is 122 Å². The zero-order valence-corrected chi connectivity index (χ0v) is 11.8. The van der Waals surface area contributed by atoms with Crippen molar-refractivity contribution in [3.05, 3.63) is 17.3 Å². The lowest BCUT2D eigenvalue weighted by atomic mass is 10.3. The lowest BCUT2D eigenvalue weighted by Gasteiger charge is -2.23. The molecule has 1 fully saturated rings. The van der Waals surface area contributed by atoms with Gasteiger partial charge in [-0.2, -0.15) is 0 Å². The van der Waals surface area contributed by atoms with Crippen LogP contribution in [0.2, 0.25) is 5.15 Å². The standard InChI is InChI=1S/C12H18ClN3O4/c13-11-1-2-12(16-15-11)20-7-9(17)5-14-6-10-8-18-3-4-19-10/h1-2,9-10,14,17H,3-8H2. The molecule has 0 radical (unpaired) electrons. The Morgan fingerprint density at radius 2 is 2.35 bits per heavy atom. The Kier molecular flexibility index (Phi) is 6.41. The van der Waals surface area contributed by atoms with Crippen molar-refractivity contribution in [2.24, 2.45) is 0 Å². The molecule has 2 rings (SSSR count). The van der Waals surface area contributed by atoms with Crippen molar-refractivity contribution in [2.75, 3.05) is 39.5 Å². The molecule has 0 saturated carbocycles. The van der Waals surface area contributed by atoms with Gasteiger partial charge in [-0.05, 0) is 6.07 Å². The van der Waals surface area contributed by atoms with Crippen molar-refractivity contribution in [1.82, 2.24) is 15.5 Å². The highest BCUT2D eigenvalue weighted by Crippen LogP contribution is 2.08. The van der Waals surface area contributed by atoms with Crippen molar-refractivity contribution >= 4 is 11.6 Å². The zero-order chi connectivity index (χ0) is 14.2. The van der Waals surface area contributed by atoms with Gasteiger partial charge in [-0.25, -0.2) is 0 Å². The van der Waals surface area contributed by atoms with E-state index in [1.807, 2.05) is 0 Å². The van der Waals surface area contributed by atoms with E-state index in [-0.39, 0.29) is 12.7 Å². The van der Waals surface area contributed by atoms with Gasteiger partial charge in [0.1, 0.15) is 12.7 Å². The summed E-state index contributed by atoms with van der Waals surface area (Å²) in [6.07, 6.45) is -0.601. The minimum Gasteiger partial charge on any atom is -0.474 e.